The van der Waals surface area contributed by atoms with Crippen molar-refractivity contribution in [1.82, 2.24) is 14.5 Å². The number of carbonyl (C=O) groups excluding carboxylic acids is 1. The normalized spacial score (nSPS) is 17.3. The maximum absolute atomic E-state index is 12.5. The molecule has 0 aliphatic carbocycles. The van der Waals surface area contributed by atoms with E-state index in [-0.39, 0.29) is 12.1 Å². The molecule has 1 aliphatic rings. The van der Waals surface area contributed by atoms with E-state index in [4.69, 9.17) is 21.3 Å². The highest BCUT2D eigenvalue weighted by atomic mass is 35.5. The zero-order valence-electron chi connectivity index (χ0n) is 18.5. The number of anilines is 1. The number of piperazine rings is 1. The van der Waals surface area contributed by atoms with Gasteiger partial charge in [0.05, 0.1) is 17.6 Å². The maximum atomic E-state index is 12.5. The molecule has 0 saturated carbocycles. The summed E-state index contributed by atoms with van der Waals surface area (Å²) < 4.78 is 7.80. The molecule has 0 N–H and O–H groups in total. The van der Waals surface area contributed by atoms with Crippen molar-refractivity contribution >= 4 is 34.7 Å². The lowest BCUT2D eigenvalue weighted by atomic mass is 10.2. The van der Waals surface area contributed by atoms with Gasteiger partial charge in [-0.2, -0.15) is 0 Å². The molecule has 7 heteroatoms. The summed E-state index contributed by atoms with van der Waals surface area (Å²) in [5.74, 6) is 0.914. The van der Waals surface area contributed by atoms with Crippen molar-refractivity contribution in [2.45, 2.75) is 45.9 Å². The number of hydrogen-bond acceptors (Lipinski definition) is 4. The van der Waals surface area contributed by atoms with E-state index in [1.807, 2.05) is 57.2 Å². The number of amides is 1. The molecule has 0 bridgehead atoms. The highest BCUT2D eigenvalue weighted by Crippen LogP contribution is 2.28. The van der Waals surface area contributed by atoms with E-state index >= 15 is 0 Å². The molecule has 2 aromatic carbocycles. The lowest BCUT2D eigenvalue weighted by Gasteiger charge is -2.40. The molecule has 1 atom stereocenters. The van der Waals surface area contributed by atoms with Crippen molar-refractivity contribution in [2.24, 2.45) is 0 Å². The van der Waals surface area contributed by atoms with Crippen LogP contribution in [0.15, 0.2) is 48.5 Å². The summed E-state index contributed by atoms with van der Waals surface area (Å²) in [5.41, 5.74) is 2.67. The van der Waals surface area contributed by atoms with Crippen LogP contribution in [0.5, 0.6) is 0 Å². The second kappa shape index (κ2) is 8.42. The lowest BCUT2D eigenvalue weighted by Crippen LogP contribution is -2.55. The van der Waals surface area contributed by atoms with Crippen molar-refractivity contribution in [2.75, 3.05) is 24.5 Å². The minimum Gasteiger partial charge on any atom is -0.444 e. The third-order valence-electron chi connectivity index (χ3n) is 5.40. The summed E-state index contributed by atoms with van der Waals surface area (Å²) in [6.07, 6.45) is -0.258. The Hall–Kier alpha value is -2.73. The molecule has 1 unspecified atom stereocenters. The minimum atomic E-state index is -0.498. The van der Waals surface area contributed by atoms with Crippen LogP contribution in [0.25, 0.3) is 11.0 Å². The highest BCUT2D eigenvalue weighted by molar-refractivity contribution is 6.30. The summed E-state index contributed by atoms with van der Waals surface area (Å²) in [4.78, 5) is 21.6. The van der Waals surface area contributed by atoms with E-state index < -0.39 is 5.60 Å². The third kappa shape index (κ3) is 4.79. The van der Waals surface area contributed by atoms with Gasteiger partial charge in [0.1, 0.15) is 5.60 Å². The Kier molecular flexibility index (Phi) is 5.84. The maximum Gasteiger partial charge on any atom is 0.410 e. The van der Waals surface area contributed by atoms with Crippen LogP contribution < -0.4 is 4.90 Å². The zero-order chi connectivity index (χ0) is 22.2. The molecular weight excluding hydrogens is 412 g/mol. The molecule has 1 aliphatic heterocycles. The second-order valence-corrected chi connectivity index (χ2v) is 9.52. The first-order valence-electron chi connectivity index (χ1n) is 10.7. The average molecular weight is 441 g/mol. The van der Waals surface area contributed by atoms with Gasteiger partial charge in [-0.1, -0.05) is 35.9 Å². The van der Waals surface area contributed by atoms with Crippen molar-refractivity contribution in [3.05, 3.63) is 59.1 Å². The molecule has 1 amide bonds. The summed E-state index contributed by atoms with van der Waals surface area (Å²) in [5, 5.41) is 0.725. The predicted molar refractivity (Wildman–Crippen MR) is 125 cm³/mol. The van der Waals surface area contributed by atoms with Crippen LogP contribution in [0.2, 0.25) is 5.02 Å². The molecule has 2 heterocycles. The molecule has 0 radical (unpaired) electrons. The van der Waals surface area contributed by atoms with Gasteiger partial charge in [0.2, 0.25) is 5.95 Å². The molecule has 4 rings (SSSR count). The van der Waals surface area contributed by atoms with Gasteiger partial charge in [0.25, 0.3) is 0 Å². The quantitative estimate of drug-likeness (QED) is 0.562. The number of fused-ring (bicyclic) bond motifs is 1. The first-order chi connectivity index (χ1) is 14.7. The van der Waals surface area contributed by atoms with Crippen LogP contribution >= 0.6 is 11.6 Å². The Balaban J connectivity index is 1.62. The molecule has 31 heavy (non-hydrogen) atoms. The fourth-order valence-electron chi connectivity index (χ4n) is 4.00. The standard InChI is InChI=1S/C24H29ClN4O2/c1-17-15-27(23(30)31-24(2,3)4)12-13-28(17)22-26-20-10-5-6-11-21(20)29(22)16-18-8-7-9-19(25)14-18/h5-11,14,17H,12-13,15-16H2,1-4H3. The Morgan fingerprint density at radius 2 is 1.94 bits per heavy atom. The summed E-state index contributed by atoms with van der Waals surface area (Å²) in [6, 6.07) is 16.2. The SMILES string of the molecule is CC1CN(C(=O)OC(C)(C)C)CCN1c1nc2ccccc2n1Cc1cccc(Cl)c1. The summed E-state index contributed by atoms with van der Waals surface area (Å²) >= 11 is 6.22. The predicted octanol–water partition coefficient (Wildman–Crippen LogP) is 5.18. The number of halogens is 1. The topological polar surface area (TPSA) is 50.6 Å². The zero-order valence-corrected chi connectivity index (χ0v) is 19.3. The molecule has 0 spiro atoms. The van der Waals surface area contributed by atoms with Crippen LogP contribution in [-0.4, -0.2) is 51.8 Å². The summed E-state index contributed by atoms with van der Waals surface area (Å²) in [7, 11) is 0. The smallest absolute Gasteiger partial charge is 0.410 e. The van der Waals surface area contributed by atoms with Crippen molar-refractivity contribution in [3.8, 4) is 0 Å². The summed E-state index contributed by atoms with van der Waals surface area (Å²) in [6.45, 7) is 10.4. The van der Waals surface area contributed by atoms with Gasteiger partial charge in [0, 0.05) is 30.7 Å². The molecule has 1 aromatic heterocycles. The number of aromatic nitrogens is 2. The second-order valence-electron chi connectivity index (χ2n) is 9.09. The molecule has 3 aromatic rings. The van der Waals surface area contributed by atoms with E-state index in [1.54, 1.807) is 4.90 Å². The largest absolute Gasteiger partial charge is 0.444 e. The van der Waals surface area contributed by atoms with Crippen LogP contribution in [0.1, 0.15) is 33.3 Å². The van der Waals surface area contributed by atoms with Crippen molar-refractivity contribution in [3.63, 3.8) is 0 Å². The third-order valence-corrected chi connectivity index (χ3v) is 5.64. The van der Waals surface area contributed by atoms with Gasteiger partial charge in [-0.25, -0.2) is 9.78 Å². The van der Waals surface area contributed by atoms with Gasteiger partial charge >= 0.3 is 6.09 Å². The number of rotatable bonds is 3. The van der Waals surface area contributed by atoms with Crippen molar-refractivity contribution in [1.29, 1.82) is 0 Å². The minimum absolute atomic E-state index is 0.108. The molecular formula is C24H29ClN4O2. The fourth-order valence-corrected chi connectivity index (χ4v) is 4.22. The van der Waals surface area contributed by atoms with Gasteiger partial charge in [-0.3, -0.25) is 0 Å². The molecule has 1 fully saturated rings. The average Bonchev–Trinajstić information content (AvgIpc) is 3.05. The Morgan fingerprint density at radius 1 is 1.16 bits per heavy atom. The number of ether oxygens (including phenoxy) is 1. The van der Waals surface area contributed by atoms with E-state index in [0.29, 0.717) is 26.2 Å². The first-order valence-corrected chi connectivity index (χ1v) is 11.0. The number of benzene rings is 2. The fraction of sp³-hybridized carbons (Fsp3) is 0.417. The van der Waals surface area contributed by atoms with E-state index in [0.717, 1.165) is 27.6 Å². The Labute approximate surface area is 188 Å². The Bertz CT molecular complexity index is 1090. The number of carbonyl (C=O) groups is 1. The molecule has 164 valence electrons. The monoisotopic (exact) mass is 440 g/mol. The number of imidazole rings is 1. The van der Waals surface area contributed by atoms with Crippen LogP contribution in [0, 0.1) is 0 Å². The highest BCUT2D eigenvalue weighted by Gasteiger charge is 2.32. The van der Waals surface area contributed by atoms with Gasteiger partial charge in [-0.05, 0) is 57.5 Å². The lowest BCUT2D eigenvalue weighted by molar-refractivity contribution is 0.0218. The molecule has 6 nitrogen and oxygen atoms in total. The van der Waals surface area contributed by atoms with Crippen LogP contribution in [-0.2, 0) is 11.3 Å². The van der Waals surface area contributed by atoms with Crippen LogP contribution in [0.4, 0.5) is 10.7 Å². The van der Waals surface area contributed by atoms with E-state index in [2.05, 4.69) is 28.5 Å². The molecule has 1 saturated heterocycles. The van der Waals surface area contributed by atoms with Crippen LogP contribution in [0.3, 0.4) is 0 Å². The van der Waals surface area contributed by atoms with Crippen molar-refractivity contribution < 1.29 is 9.53 Å². The number of nitrogens with zero attached hydrogens (tertiary/aromatic N) is 4. The first kappa shape index (κ1) is 21.5. The number of para-hydroxylation sites is 2. The number of hydrogen-bond donors (Lipinski definition) is 0. The van der Waals surface area contributed by atoms with E-state index in [9.17, 15) is 4.79 Å². The van der Waals surface area contributed by atoms with Gasteiger partial charge in [0.15, 0.2) is 0 Å². The van der Waals surface area contributed by atoms with Gasteiger partial charge < -0.3 is 19.1 Å². The van der Waals surface area contributed by atoms with Gasteiger partial charge in [-0.15, -0.1) is 0 Å². The van der Waals surface area contributed by atoms with E-state index in [1.165, 1.54) is 0 Å². The Morgan fingerprint density at radius 3 is 2.65 bits per heavy atom.